The summed E-state index contributed by atoms with van der Waals surface area (Å²) in [7, 11) is 0. The molecule has 1 rings (SSSR count). The predicted octanol–water partition coefficient (Wildman–Crippen LogP) is 1.10. The van der Waals surface area contributed by atoms with Crippen LogP contribution in [0.4, 0.5) is 0 Å². The number of hydrogen-bond donors (Lipinski definition) is 1. The summed E-state index contributed by atoms with van der Waals surface area (Å²) < 4.78 is 0. The second-order valence-corrected chi connectivity index (χ2v) is 2.14. The first-order chi connectivity index (χ1) is 3.34. The lowest BCUT2D eigenvalue weighted by molar-refractivity contribution is 0.320. The Morgan fingerprint density at radius 3 is 2.57 bits per heavy atom. The van der Waals surface area contributed by atoms with E-state index in [1.54, 1.807) is 6.21 Å². The summed E-state index contributed by atoms with van der Waals surface area (Å²) in [6, 6.07) is 0. The molecule has 0 unspecified atom stereocenters. The Hall–Kier alpha value is -0.530. The van der Waals surface area contributed by atoms with Gasteiger partial charge in [0, 0.05) is 12.1 Å². The van der Waals surface area contributed by atoms with Gasteiger partial charge in [-0.3, -0.25) is 0 Å². The first-order valence-electron chi connectivity index (χ1n) is 2.52. The fourth-order valence-electron chi connectivity index (χ4n) is 0.644. The van der Waals surface area contributed by atoms with E-state index in [-0.39, 0.29) is 0 Å². The maximum atomic E-state index is 7.96. The molecule has 0 aliphatic heterocycles. The van der Waals surface area contributed by atoms with Crippen LogP contribution in [-0.2, 0) is 0 Å². The van der Waals surface area contributed by atoms with Crippen LogP contribution in [0.15, 0.2) is 5.16 Å². The van der Waals surface area contributed by atoms with E-state index in [1.165, 1.54) is 6.42 Å². The first-order valence-corrected chi connectivity index (χ1v) is 2.52. The monoisotopic (exact) mass is 99.1 g/mol. The number of nitrogens with zero attached hydrogens (tertiary/aromatic N) is 1. The van der Waals surface area contributed by atoms with Crippen LogP contribution in [0.3, 0.4) is 0 Å². The van der Waals surface area contributed by atoms with Crippen molar-refractivity contribution < 1.29 is 5.21 Å². The van der Waals surface area contributed by atoms with Crippen LogP contribution in [-0.4, -0.2) is 11.4 Å². The second-order valence-electron chi connectivity index (χ2n) is 2.14. The molecule has 1 N–H and O–H groups in total. The van der Waals surface area contributed by atoms with Gasteiger partial charge in [-0.2, -0.15) is 0 Å². The molecule has 1 saturated carbocycles. The molecule has 0 heterocycles. The summed E-state index contributed by atoms with van der Waals surface area (Å²) in [5.41, 5.74) is 0. The van der Waals surface area contributed by atoms with Crippen LogP contribution < -0.4 is 0 Å². The SMILES string of the molecule is C[C@H]1C[C@@H]1/C=N/O. The average molecular weight is 99.1 g/mol. The molecule has 0 aromatic heterocycles. The third-order valence-corrected chi connectivity index (χ3v) is 1.43. The molecular weight excluding hydrogens is 90.1 g/mol. The quantitative estimate of drug-likeness (QED) is 0.298. The van der Waals surface area contributed by atoms with E-state index in [0.29, 0.717) is 5.92 Å². The Balaban J connectivity index is 2.21. The van der Waals surface area contributed by atoms with Gasteiger partial charge in [0.15, 0.2) is 0 Å². The molecule has 0 bridgehead atoms. The van der Waals surface area contributed by atoms with Crippen LogP contribution in [0.5, 0.6) is 0 Å². The van der Waals surface area contributed by atoms with Crippen LogP contribution in [0.2, 0.25) is 0 Å². The highest BCUT2D eigenvalue weighted by atomic mass is 16.4. The summed E-state index contributed by atoms with van der Waals surface area (Å²) in [6.07, 6.45) is 2.80. The van der Waals surface area contributed by atoms with E-state index in [0.717, 1.165) is 5.92 Å². The molecule has 40 valence electrons. The van der Waals surface area contributed by atoms with Crippen molar-refractivity contribution in [3.63, 3.8) is 0 Å². The predicted molar refractivity (Wildman–Crippen MR) is 27.5 cm³/mol. The van der Waals surface area contributed by atoms with Gasteiger partial charge in [0.05, 0.1) is 0 Å². The molecule has 0 aromatic rings. The van der Waals surface area contributed by atoms with Crippen LogP contribution in [0, 0.1) is 11.8 Å². The van der Waals surface area contributed by atoms with Gasteiger partial charge in [0.2, 0.25) is 0 Å². The number of rotatable bonds is 1. The summed E-state index contributed by atoms with van der Waals surface area (Å²) in [5, 5.41) is 10.9. The molecule has 7 heavy (non-hydrogen) atoms. The lowest BCUT2D eigenvalue weighted by atomic mass is 10.4. The zero-order valence-electron chi connectivity index (χ0n) is 4.33. The van der Waals surface area contributed by atoms with Crippen LogP contribution >= 0.6 is 0 Å². The second kappa shape index (κ2) is 1.52. The molecule has 1 aliphatic rings. The third-order valence-electron chi connectivity index (χ3n) is 1.43. The largest absolute Gasteiger partial charge is 0.411 e. The van der Waals surface area contributed by atoms with Crippen molar-refractivity contribution in [1.82, 2.24) is 0 Å². The van der Waals surface area contributed by atoms with Gasteiger partial charge in [-0.05, 0) is 12.3 Å². The molecule has 0 amide bonds. The van der Waals surface area contributed by atoms with Crippen molar-refractivity contribution >= 4 is 6.21 Å². The van der Waals surface area contributed by atoms with Crippen molar-refractivity contribution in [2.75, 3.05) is 0 Å². The molecule has 2 heteroatoms. The molecule has 0 spiro atoms. The molecule has 0 aromatic carbocycles. The maximum absolute atomic E-state index is 7.96. The Kier molecular flexibility index (Phi) is 1.01. The van der Waals surface area contributed by atoms with Gasteiger partial charge in [0.1, 0.15) is 0 Å². The van der Waals surface area contributed by atoms with E-state index >= 15 is 0 Å². The lowest BCUT2D eigenvalue weighted by Crippen LogP contribution is -1.76. The smallest absolute Gasteiger partial charge is 0.0469 e. The molecule has 1 aliphatic carbocycles. The Labute approximate surface area is 42.8 Å². The molecule has 1 fully saturated rings. The van der Waals surface area contributed by atoms with Crippen LogP contribution in [0.25, 0.3) is 0 Å². The van der Waals surface area contributed by atoms with Gasteiger partial charge in [-0.15, -0.1) is 5.16 Å². The highest BCUT2D eigenvalue weighted by molar-refractivity contribution is 5.63. The van der Waals surface area contributed by atoms with Crippen molar-refractivity contribution in [3.8, 4) is 0 Å². The highest BCUT2D eigenvalue weighted by Gasteiger charge is 2.30. The zero-order valence-corrected chi connectivity index (χ0v) is 4.33. The van der Waals surface area contributed by atoms with E-state index in [1.807, 2.05) is 0 Å². The van der Waals surface area contributed by atoms with Gasteiger partial charge in [-0.1, -0.05) is 6.92 Å². The standard InChI is InChI=1S/C5H9NO/c1-4-2-5(4)3-6-7/h3-5,7H,2H2,1H3/b6-3+/t4-,5+/m0/s1. The summed E-state index contributed by atoms with van der Waals surface area (Å²) >= 11 is 0. The van der Waals surface area contributed by atoms with Crippen LogP contribution in [0.1, 0.15) is 13.3 Å². The molecule has 2 atom stereocenters. The van der Waals surface area contributed by atoms with E-state index in [4.69, 9.17) is 5.21 Å². The fourth-order valence-corrected chi connectivity index (χ4v) is 0.644. The van der Waals surface area contributed by atoms with Crippen molar-refractivity contribution in [1.29, 1.82) is 0 Å². The highest BCUT2D eigenvalue weighted by Crippen LogP contribution is 2.35. The van der Waals surface area contributed by atoms with E-state index < -0.39 is 0 Å². The normalized spacial score (nSPS) is 39.6. The van der Waals surface area contributed by atoms with Crippen molar-refractivity contribution in [3.05, 3.63) is 0 Å². The summed E-state index contributed by atoms with van der Waals surface area (Å²) in [5.74, 6) is 1.33. The number of hydrogen-bond acceptors (Lipinski definition) is 2. The molecule has 0 saturated heterocycles. The fraction of sp³-hybridized carbons (Fsp3) is 0.800. The minimum atomic E-state index is 0.574. The Morgan fingerprint density at radius 2 is 2.43 bits per heavy atom. The summed E-state index contributed by atoms with van der Waals surface area (Å²) in [4.78, 5) is 0. The minimum Gasteiger partial charge on any atom is -0.411 e. The van der Waals surface area contributed by atoms with Crippen molar-refractivity contribution in [2.45, 2.75) is 13.3 Å². The number of oxime groups is 1. The van der Waals surface area contributed by atoms with Crippen molar-refractivity contribution in [2.24, 2.45) is 17.0 Å². The Morgan fingerprint density at radius 1 is 1.86 bits per heavy atom. The third kappa shape index (κ3) is 0.918. The van der Waals surface area contributed by atoms with E-state index in [9.17, 15) is 0 Å². The molecule has 0 radical (unpaired) electrons. The van der Waals surface area contributed by atoms with Gasteiger partial charge in [-0.25, -0.2) is 0 Å². The zero-order chi connectivity index (χ0) is 5.28. The van der Waals surface area contributed by atoms with E-state index in [2.05, 4.69) is 12.1 Å². The first kappa shape index (κ1) is 4.62. The van der Waals surface area contributed by atoms with Gasteiger partial charge >= 0.3 is 0 Å². The average Bonchev–Trinajstić information content (AvgIpc) is 2.22. The van der Waals surface area contributed by atoms with Gasteiger partial charge < -0.3 is 5.21 Å². The Bertz CT molecular complexity index is 90.1. The minimum absolute atomic E-state index is 0.574. The lowest BCUT2D eigenvalue weighted by Gasteiger charge is -1.74. The summed E-state index contributed by atoms with van der Waals surface area (Å²) in [6.45, 7) is 2.15. The van der Waals surface area contributed by atoms with Gasteiger partial charge in [0.25, 0.3) is 0 Å². The topological polar surface area (TPSA) is 32.6 Å². The maximum Gasteiger partial charge on any atom is 0.0469 e. The molecular formula is C5H9NO. The molecule has 2 nitrogen and oxygen atoms in total.